The van der Waals surface area contributed by atoms with Crippen molar-refractivity contribution in [2.45, 2.75) is 44.4 Å². The Morgan fingerprint density at radius 2 is 2.14 bits per heavy atom. The molecule has 1 N–H and O–H groups in total. The van der Waals surface area contributed by atoms with Gasteiger partial charge in [0, 0.05) is 0 Å². The number of rotatable bonds is 4. The van der Waals surface area contributed by atoms with Crippen LogP contribution < -0.4 is 3.26 Å². The molecule has 0 fully saturated rings. The van der Waals surface area contributed by atoms with Gasteiger partial charge in [-0.3, -0.25) is 0 Å². The maximum absolute atomic E-state index is 3.56. The molecule has 14 heavy (non-hydrogen) atoms. The fourth-order valence-corrected chi connectivity index (χ4v) is 6.14. The molecular formula is C11H20NSiZr. The van der Waals surface area contributed by atoms with Gasteiger partial charge in [-0.25, -0.2) is 0 Å². The summed E-state index contributed by atoms with van der Waals surface area (Å²) >= 11 is 1.44. The van der Waals surface area contributed by atoms with Gasteiger partial charge in [0.2, 0.25) is 0 Å². The van der Waals surface area contributed by atoms with Gasteiger partial charge in [0.05, 0.1) is 0 Å². The van der Waals surface area contributed by atoms with Gasteiger partial charge in [0.25, 0.3) is 0 Å². The molecule has 3 heteroatoms. The average molecular weight is 286 g/mol. The standard InChI is InChI=1S/C11H20NSi.Zr/c1-11(2,12)10(13(3)4)9-7-5-6-8-9;/h5-7,10,12-13H,8H2,1-4H3;/q-1;+1. The van der Waals surface area contributed by atoms with Crippen LogP contribution in [0.4, 0.5) is 0 Å². The first-order valence-corrected chi connectivity index (χ1v) is 9.49. The third-order valence-corrected chi connectivity index (χ3v) is 7.14. The molecular weight excluding hydrogens is 265 g/mol. The topological polar surface area (TPSA) is 12.0 Å². The van der Waals surface area contributed by atoms with E-state index in [9.17, 15) is 0 Å². The summed E-state index contributed by atoms with van der Waals surface area (Å²) in [6.45, 7) is 9.61. The van der Waals surface area contributed by atoms with E-state index in [1.807, 2.05) is 0 Å². The second-order valence-corrected chi connectivity index (χ2v) is 8.71. The predicted molar refractivity (Wildman–Crippen MR) is 61.7 cm³/mol. The van der Waals surface area contributed by atoms with Crippen LogP contribution in [0.3, 0.4) is 0 Å². The van der Waals surface area contributed by atoms with E-state index in [4.69, 9.17) is 0 Å². The van der Waals surface area contributed by atoms with Crippen molar-refractivity contribution in [1.29, 1.82) is 0 Å². The summed E-state index contributed by atoms with van der Waals surface area (Å²) in [6, 6.07) is 0. The molecule has 1 aliphatic rings. The van der Waals surface area contributed by atoms with Gasteiger partial charge in [-0.05, 0) is 0 Å². The zero-order chi connectivity index (χ0) is 10.8. The van der Waals surface area contributed by atoms with Crippen LogP contribution in [-0.2, 0) is 25.0 Å². The second-order valence-electron chi connectivity index (χ2n) is 4.94. The monoisotopic (exact) mass is 284 g/mol. The summed E-state index contributed by atoms with van der Waals surface area (Å²) in [5.74, 6) is 0. The summed E-state index contributed by atoms with van der Waals surface area (Å²) in [6.07, 6.45) is 7.99. The van der Waals surface area contributed by atoms with Crippen LogP contribution in [0.5, 0.6) is 0 Å². The Morgan fingerprint density at radius 1 is 1.50 bits per heavy atom. The summed E-state index contributed by atoms with van der Waals surface area (Å²) in [7, 11) is -0.638. The Labute approximate surface area is 105 Å². The SMILES string of the molecule is C[SiH](C)C(C1=CC=CC1)C(C)(C)[NH][Zr]. The maximum atomic E-state index is 3.56. The fourth-order valence-electron chi connectivity index (χ4n) is 2.50. The van der Waals surface area contributed by atoms with Crippen molar-refractivity contribution in [2.75, 3.05) is 0 Å². The Hall–Kier alpha value is 0.540. The second kappa shape index (κ2) is 5.05. The predicted octanol–water partition coefficient (Wildman–Crippen LogP) is 2.56. The van der Waals surface area contributed by atoms with E-state index in [2.05, 4.69) is 48.4 Å². The average Bonchev–Trinajstić information content (AvgIpc) is 2.56. The summed E-state index contributed by atoms with van der Waals surface area (Å²) in [4.78, 5) is 0. The van der Waals surface area contributed by atoms with Crippen LogP contribution in [0.25, 0.3) is 0 Å². The summed E-state index contributed by atoms with van der Waals surface area (Å²) in [5.41, 5.74) is 2.72. The zero-order valence-corrected chi connectivity index (χ0v) is 13.2. The van der Waals surface area contributed by atoms with Gasteiger partial charge in [0.15, 0.2) is 0 Å². The Bertz CT molecular complexity index is 256. The number of allylic oxidation sites excluding steroid dienone is 3. The molecule has 0 bridgehead atoms. The van der Waals surface area contributed by atoms with Crippen LogP contribution in [-0.4, -0.2) is 14.3 Å². The molecule has 0 aromatic rings. The number of hydrogen-bond acceptors (Lipinski definition) is 1. The van der Waals surface area contributed by atoms with Gasteiger partial charge < -0.3 is 0 Å². The van der Waals surface area contributed by atoms with Crippen molar-refractivity contribution < 1.29 is 25.0 Å². The minimum atomic E-state index is -0.638. The molecule has 0 saturated heterocycles. The molecule has 0 spiro atoms. The van der Waals surface area contributed by atoms with E-state index in [1.54, 1.807) is 5.57 Å². The molecule has 1 unspecified atom stereocenters. The molecule has 1 atom stereocenters. The first kappa shape index (κ1) is 12.6. The van der Waals surface area contributed by atoms with Crippen LogP contribution in [0.2, 0.25) is 18.6 Å². The summed E-state index contributed by atoms with van der Waals surface area (Å²) < 4.78 is 3.56. The van der Waals surface area contributed by atoms with E-state index in [1.165, 1.54) is 31.4 Å². The first-order chi connectivity index (χ1) is 6.49. The van der Waals surface area contributed by atoms with Crippen molar-refractivity contribution in [3.05, 3.63) is 23.8 Å². The fraction of sp³-hybridized carbons (Fsp3) is 0.636. The third-order valence-electron chi connectivity index (χ3n) is 2.97. The molecule has 0 aromatic heterocycles. The van der Waals surface area contributed by atoms with Crippen LogP contribution >= 0.6 is 0 Å². The zero-order valence-electron chi connectivity index (χ0n) is 9.59. The molecule has 0 amide bonds. The van der Waals surface area contributed by atoms with Gasteiger partial charge in [-0.1, -0.05) is 0 Å². The molecule has 1 rings (SSSR count). The van der Waals surface area contributed by atoms with Crippen LogP contribution in [0, 0.1) is 0 Å². The molecule has 0 aliphatic heterocycles. The van der Waals surface area contributed by atoms with Crippen molar-refractivity contribution in [3.63, 3.8) is 0 Å². The Kier molecular flexibility index (Phi) is 4.55. The summed E-state index contributed by atoms with van der Waals surface area (Å²) in [5, 5.41) is 0. The molecule has 0 heterocycles. The molecule has 1 nitrogen and oxygen atoms in total. The van der Waals surface area contributed by atoms with Crippen molar-refractivity contribution in [1.82, 2.24) is 3.26 Å². The van der Waals surface area contributed by atoms with Gasteiger partial charge >= 0.3 is 105 Å². The van der Waals surface area contributed by atoms with E-state index in [0.29, 0.717) is 0 Å². The molecule has 0 aromatic carbocycles. The van der Waals surface area contributed by atoms with E-state index in [-0.39, 0.29) is 5.54 Å². The minimum absolute atomic E-state index is 0.288. The van der Waals surface area contributed by atoms with Gasteiger partial charge in [-0.15, -0.1) is 0 Å². The Balaban J connectivity index is 2.85. The molecule has 0 saturated carbocycles. The van der Waals surface area contributed by atoms with E-state index < -0.39 is 8.80 Å². The Morgan fingerprint density at radius 3 is 2.50 bits per heavy atom. The quantitative estimate of drug-likeness (QED) is 0.783. The first-order valence-electron chi connectivity index (χ1n) is 5.28. The van der Waals surface area contributed by atoms with Crippen molar-refractivity contribution >= 4 is 8.80 Å². The molecule has 77 valence electrons. The van der Waals surface area contributed by atoms with E-state index >= 15 is 0 Å². The molecule has 1 aliphatic carbocycles. The number of hydrogen-bond donors (Lipinski definition) is 1. The normalized spacial score (nSPS) is 18.7. The molecule has 0 radical (unpaired) electrons. The number of nitrogens with one attached hydrogen (secondary N) is 1. The van der Waals surface area contributed by atoms with Gasteiger partial charge in [-0.2, -0.15) is 0 Å². The van der Waals surface area contributed by atoms with Crippen molar-refractivity contribution in [2.24, 2.45) is 0 Å². The van der Waals surface area contributed by atoms with Crippen LogP contribution in [0.15, 0.2) is 23.8 Å². The van der Waals surface area contributed by atoms with Gasteiger partial charge in [0.1, 0.15) is 0 Å². The van der Waals surface area contributed by atoms with E-state index in [0.717, 1.165) is 5.54 Å². The van der Waals surface area contributed by atoms with Crippen LogP contribution in [0.1, 0.15) is 20.3 Å². The van der Waals surface area contributed by atoms with Crippen molar-refractivity contribution in [3.8, 4) is 0 Å². The third kappa shape index (κ3) is 2.77.